The van der Waals surface area contributed by atoms with E-state index in [4.69, 9.17) is 0 Å². The fourth-order valence-electron chi connectivity index (χ4n) is 1.23. The van der Waals surface area contributed by atoms with E-state index in [1.54, 1.807) is 0 Å². The molecule has 0 aliphatic heterocycles. The van der Waals surface area contributed by atoms with E-state index in [0.29, 0.717) is 0 Å². The van der Waals surface area contributed by atoms with Crippen LogP contribution >= 0.6 is 0 Å². The summed E-state index contributed by atoms with van der Waals surface area (Å²) in [7, 11) is 0. The minimum absolute atomic E-state index is 0.904. The number of hydrogen-bond acceptors (Lipinski definition) is 2. The molecule has 0 aromatic rings. The Hall–Kier alpha value is -1.70. The van der Waals surface area contributed by atoms with Gasteiger partial charge in [-0.05, 0) is 6.92 Å². The zero-order valence-corrected chi connectivity index (χ0v) is 13.7. The summed E-state index contributed by atoms with van der Waals surface area (Å²) in [5.74, 6) is -21.1. The summed E-state index contributed by atoms with van der Waals surface area (Å²) in [5, 5.41) is 0. The minimum Gasteiger partial charge on any atom is -0.465 e. The van der Waals surface area contributed by atoms with Gasteiger partial charge in [0.05, 0.1) is 12.5 Å². The SMILES string of the molecule is C=CC(C)C(=O)OCCC(F)C(F)(F)C(F)(F)C(F)(F)C(F)F.FC(F)(F)F. The predicted molar refractivity (Wildman–Crippen MR) is 67.8 cm³/mol. The largest absolute Gasteiger partial charge is 0.559 e. The highest BCUT2D eigenvalue weighted by Crippen LogP contribution is 2.50. The zero-order valence-electron chi connectivity index (χ0n) is 13.7. The van der Waals surface area contributed by atoms with Gasteiger partial charge in [0.25, 0.3) is 0 Å². The maximum Gasteiger partial charge on any atom is 0.559 e. The number of alkyl halides is 13. The van der Waals surface area contributed by atoms with E-state index in [-0.39, 0.29) is 0 Å². The average Bonchev–Trinajstić information content (AvgIpc) is 2.51. The lowest BCUT2D eigenvalue weighted by atomic mass is 9.99. The number of carbonyl (C=O) groups is 1. The van der Waals surface area contributed by atoms with Crippen LogP contribution < -0.4 is 0 Å². The van der Waals surface area contributed by atoms with E-state index >= 15 is 0 Å². The maximum atomic E-state index is 13.2. The summed E-state index contributed by atoms with van der Waals surface area (Å²) in [6.45, 7) is 3.33. The molecule has 0 N–H and O–H groups in total. The molecule has 28 heavy (non-hydrogen) atoms. The third-order valence-corrected chi connectivity index (χ3v) is 2.85. The average molecular weight is 448 g/mol. The number of hydrogen-bond donors (Lipinski definition) is 0. The monoisotopic (exact) mass is 448 g/mol. The van der Waals surface area contributed by atoms with Crippen molar-refractivity contribution in [2.24, 2.45) is 5.92 Å². The first-order valence-electron chi connectivity index (χ1n) is 6.83. The van der Waals surface area contributed by atoms with Crippen LogP contribution in [0.2, 0.25) is 0 Å². The standard InChI is InChI=1S/C12H13F9O2.CF4/c1-3-6(2)8(22)23-5-4-7(13)10(16,17)12(20,21)11(18,19)9(14)15;2-1(3,4)5/h3,6-7,9H,1,4-5H2,2H3;. The van der Waals surface area contributed by atoms with Crippen LogP contribution in [-0.2, 0) is 9.53 Å². The van der Waals surface area contributed by atoms with Crippen molar-refractivity contribution in [3.05, 3.63) is 12.7 Å². The van der Waals surface area contributed by atoms with Crippen LogP contribution in [0.5, 0.6) is 0 Å². The highest BCUT2D eigenvalue weighted by Gasteiger charge is 2.77. The Morgan fingerprint density at radius 1 is 0.929 bits per heavy atom. The molecule has 0 aliphatic rings. The smallest absolute Gasteiger partial charge is 0.465 e. The molecule has 0 aromatic carbocycles. The van der Waals surface area contributed by atoms with Gasteiger partial charge in [0.2, 0.25) is 0 Å². The topological polar surface area (TPSA) is 26.3 Å². The fraction of sp³-hybridized carbons (Fsp3) is 0.769. The minimum atomic E-state index is -6.63. The van der Waals surface area contributed by atoms with E-state index in [1.165, 1.54) is 6.92 Å². The van der Waals surface area contributed by atoms with Gasteiger partial charge in [-0.1, -0.05) is 6.08 Å². The first-order valence-corrected chi connectivity index (χ1v) is 6.83. The summed E-state index contributed by atoms with van der Waals surface area (Å²) in [6, 6.07) is 0. The number of rotatable bonds is 9. The third-order valence-electron chi connectivity index (χ3n) is 2.85. The molecule has 2 unspecified atom stereocenters. The van der Waals surface area contributed by atoms with Gasteiger partial charge in [0.1, 0.15) is 0 Å². The normalized spacial score (nSPS) is 15.4. The number of halogens is 13. The van der Waals surface area contributed by atoms with Crippen molar-refractivity contribution < 1.29 is 66.6 Å². The number of carbonyl (C=O) groups excluding carboxylic acids is 1. The van der Waals surface area contributed by atoms with Crippen molar-refractivity contribution in [1.82, 2.24) is 0 Å². The summed E-state index contributed by atoms with van der Waals surface area (Å²) in [5.41, 5.74) is 0. The molecule has 2 atom stereocenters. The van der Waals surface area contributed by atoms with Crippen molar-refractivity contribution in [1.29, 1.82) is 0 Å². The highest BCUT2D eigenvalue weighted by molar-refractivity contribution is 5.73. The zero-order chi connectivity index (χ0) is 23.1. The first kappa shape index (κ1) is 28.5. The van der Waals surface area contributed by atoms with Gasteiger partial charge in [-0.25, -0.2) is 13.2 Å². The van der Waals surface area contributed by atoms with Gasteiger partial charge in [-0.3, -0.25) is 4.79 Å². The Labute approximate surface area is 149 Å². The van der Waals surface area contributed by atoms with Crippen molar-refractivity contribution in [3.8, 4) is 0 Å². The lowest BCUT2D eigenvalue weighted by Gasteiger charge is -2.33. The van der Waals surface area contributed by atoms with Crippen LogP contribution in [0.3, 0.4) is 0 Å². The summed E-state index contributed by atoms with van der Waals surface area (Å²) < 4.78 is 157. The predicted octanol–water partition coefficient (Wildman–Crippen LogP) is 5.73. The molecule has 0 heterocycles. The first-order chi connectivity index (χ1) is 12.2. The Kier molecular flexibility index (Phi) is 10.4. The summed E-state index contributed by atoms with van der Waals surface area (Å²) in [6.07, 6.45) is -15.1. The summed E-state index contributed by atoms with van der Waals surface area (Å²) in [4.78, 5) is 11.1. The lowest BCUT2D eigenvalue weighted by molar-refractivity contribution is -0.351. The van der Waals surface area contributed by atoms with Crippen molar-refractivity contribution >= 4 is 5.97 Å². The Morgan fingerprint density at radius 2 is 1.32 bits per heavy atom. The van der Waals surface area contributed by atoms with Gasteiger partial charge < -0.3 is 4.74 Å². The van der Waals surface area contributed by atoms with Crippen LogP contribution in [0, 0.1) is 5.92 Å². The second kappa shape index (κ2) is 10.2. The molecule has 0 saturated carbocycles. The van der Waals surface area contributed by atoms with Gasteiger partial charge >= 0.3 is 36.6 Å². The van der Waals surface area contributed by atoms with Crippen molar-refractivity contribution in [2.75, 3.05) is 6.61 Å². The number of ether oxygens (including phenoxy) is 1. The second-order valence-corrected chi connectivity index (χ2v) is 5.00. The molecule has 0 bridgehead atoms. The summed E-state index contributed by atoms with van der Waals surface area (Å²) >= 11 is 0. The van der Waals surface area contributed by atoms with Gasteiger partial charge in [-0.2, -0.15) is 26.3 Å². The molecule has 2 nitrogen and oxygen atoms in total. The van der Waals surface area contributed by atoms with Gasteiger partial charge in [0, 0.05) is 6.42 Å². The molecule has 0 saturated heterocycles. The van der Waals surface area contributed by atoms with E-state index in [2.05, 4.69) is 11.3 Å². The van der Waals surface area contributed by atoms with E-state index in [9.17, 15) is 61.9 Å². The fourth-order valence-corrected chi connectivity index (χ4v) is 1.23. The molecule has 0 fully saturated rings. The molecule has 0 aromatic heterocycles. The van der Waals surface area contributed by atoms with E-state index in [0.717, 1.165) is 6.08 Å². The van der Waals surface area contributed by atoms with Gasteiger partial charge in [-0.15, -0.1) is 24.1 Å². The third kappa shape index (κ3) is 8.12. The van der Waals surface area contributed by atoms with Crippen LogP contribution in [0.1, 0.15) is 13.3 Å². The molecule has 168 valence electrons. The van der Waals surface area contributed by atoms with Crippen LogP contribution in [0.25, 0.3) is 0 Å². The molecule has 0 aliphatic carbocycles. The maximum absolute atomic E-state index is 13.2. The number of esters is 1. The molecule has 0 amide bonds. The highest BCUT2D eigenvalue weighted by atomic mass is 19.5. The quantitative estimate of drug-likeness (QED) is 0.256. The van der Waals surface area contributed by atoms with Crippen molar-refractivity contribution in [2.45, 2.75) is 50.1 Å². The molecule has 0 radical (unpaired) electrons. The van der Waals surface area contributed by atoms with Gasteiger partial charge in [0.15, 0.2) is 6.17 Å². The molecular weight excluding hydrogens is 435 g/mol. The molecule has 0 rings (SSSR count). The molecule has 15 heteroatoms. The van der Waals surface area contributed by atoms with E-state index in [1.807, 2.05) is 0 Å². The second-order valence-electron chi connectivity index (χ2n) is 5.00. The van der Waals surface area contributed by atoms with Crippen LogP contribution in [-0.4, -0.2) is 49.4 Å². The molecular formula is C13H13F13O2. The van der Waals surface area contributed by atoms with Crippen LogP contribution in [0.4, 0.5) is 57.1 Å². The van der Waals surface area contributed by atoms with Crippen LogP contribution in [0.15, 0.2) is 12.7 Å². The Balaban J connectivity index is 0. The Bertz CT molecular complexity index is 495. The Morgan fingerprint density at radius 3 is 1.64 bits per heavy atom. The molecule has 0 spiro atoms. The van der Waals surface area contributed by atoms with E-state index < -0.39 is 61.7 Å². The lowest BCUT2D eigenvalue weighted by Crippen LogP contribution is -2.61. The van der Waals surface area contributed by atoms with Crippen molar-refractivity contribution in [3.63, 3.8) is 0 Å².